The van der Waals surface area contributed by atoms with Crippen molar-refractivity contribution in [1.29, 1.82) is 0 Å². The van der Waals surface area contributed by atoms with E-state index in [0.29, 0.717) is 26.1 Å². The Labute approximate surface area is 118 Å². The molecule has 0 bridgehead atoms. The first-order valence-electron chi connectivity index (χ1n) is 7.16. The highest BCUT2D eigenvalue weighted by Gasteiger charge is 2.32. The molecular weight excluding hydrogens is 256 g/mol. The van der Waals surface area contributed by atoms with E-state index in [0.717, 1.165) is 18.5 Å². The molecule has 20 heavy (non-hydrogen) atoms. The minimum Gasteiger partial charge on any atom is -0.356 e. The minimum atomic E-state index is -0.182. The first kappa shape index (κ1) is 14.6. The fourth-order valence-corrected chi connectivity index (χ4v) is 2.52. The maximum absolute atomic E-state index is 12.0. The van der Waals surface area contributed by atoms with E-state index in [2.05, 4.69) is 15.5 Å². The van der Waals surface area contributed by atoms with Gasteiger partial charge in [0.2, 0.25) is 11.8 Å². The van der Waals surface area contributed by atoms with E-state index in [-0.39, 0.29) is 17.7 Å². The summed E-state index contributed by atoms with van der Waals surface area (Å²) in [5.41, 5.74) is 2.27. The molecule has 1 atom stereocenters. The summed E-state index contributed by atoms with van der Waals surface area (Å²) in [4.78, 5) is 25.3. The first-order chi connectivity index (χ1) is 9.61. The van der Waals surface area contributed by atoms with Crippen molar-refractivity contribution in [2.45, 2.75) is 33.1 Å². The van der Waals surface area contributed by atoms with Gasteiger partial charge in [-0.2, -0.15) is 5.10 Å². The normalized spacial score (nSPS) is 18.6. The molecule has 1 fully saturated rings. The van der Waals surface area contributed by atoms with Gasteiger partial charge in [-0.1, -0.05) is 0 Å². The van der Waals surface area contributed by atoms with Crippen molar-refractivity contribution in [3.05, 3.63) is 17.5 Å². The average Bonchev–Trinajstić information content (AvgIpc) is 3.00. The van der Waals surface area contributed by atoms with Gasteiger partial charge in [0.25, 0.3) is 0 Å². The zero-order chi connectivity index (χ0) is 14.5. The van der Waals surface area contributed by atoms with E-state index in [1.54, 1.807) is 4.90 Å². The lowest BCUT2D eigenvalue weighted by Gasteiger charge is -2.13. The number of aromatic nitrogens is 2. The molecule has 2 amide bonds. The van der Waals surface area contributed by atoms with Crippen LogP contribution < -0.4 is 5.32 Å². The third kappa shape index (κ3) is 3.37. The predicted molar refractivity (Wildman–Crippen MR) is 75.0 cm³/mol. The Bertz CT molecular complexity index is 483. The molecule has 2 rings (SSSR count). The molecule has 2 N–H and O–H groups in total. The highest BCUT2D eigenvalue weighted by molar-refractivity contribution is 5.89. The molecule has 1 unspecified atom stereocenters. The van der Waals surface area contributed by atoms with Crippen molar-refractivity contribution in [3.63, 3.8) is 0 Å². The van der Waals surface area contributed by atoms with E-state index >= 15 is 0 Å². The largest absolute Gasteiger partial charge is 0.356 e. The highest BCUT2D eigenvalue weighted by Crippen LogP contribution is 2.17. The lowest BCUT2D eigenvalue weighted by molar-refractivity contribution is -0.128. The molecule has 110 valence electrons. The summed E-state index contributed by atoms with van der Waals surface area (Å²) < 4.78 is 0. The lowest BCUT2D eigenvalue weighted by Crippen LogP contribution is -2.33. The second-order valence-corrected chi connectivity index (χ2v) is 5.25. The fraction of sp³-hybridized carbons (Fsp3) is 0.643. The summed E-state index contributed by atoms with van der Waals surface area (Å²) >= 11 is 0. The second-order valence-electron chi connectivity index (χ2n) is 5.25. The van der Waals surface area contributed by atoms with Crippen LogP contribution in [0.4, 0.5) is 0 Å². The molecule has 6 nitrogen and oxygen atoms in total. The molecule has 1 aliphatic rings. The molecule has 0 saturated carbocycles. The molecule has 1 saturated heterocycles. The van der Waals surface area contributed by atoms with Crippen LogP contribution in [-0.2, 0) is 16.0 Å². The maximum atomic E-state index is 12.0. The molecule has 2 heterocycles. The number of nitrogens with one attached hydrogen (secondary N) is 2. The van der Waals surface area contributed by atoms with Gasteiger partial charge in [-0.15, -0.1) is 0 Å². The molecule has 0 aromatic carbocycles. The summed E-state index contributed by atoms with van der Waals surface area (Å²) in [5, 5.41) is 9.79. The molecule has 6 heteroatoms. The average molecular weight is 278 g/mol. The number of nitrogens with zero attached hydrogens (tertiary/aromatic N) is 2. The number of hydrogen-bond donors (Lipinski definition) is 2. The van der Waals surface area contributed by atoms with Gasteiger partial charge in [0.05, 0.1) is 12.1 Å². The predicted octanol–water partition coefficient (Wildman–Crippen LogP) is 0.635. The van der Waals surface area contributed by atoms with E-state index in [9.17, 15) is 9.59 Å². The SMILES string of the molecule is CCN1CC(C(=O)NCCCc2cn[nH]c2C)CC1=O. The van der Waals surface area contributed by atoms with Gasteiger partial charge >= 0.3 is 0 Å². The van der Waals surface area contributed by atoms with Gasteiger partial charge < -0.3 is 10.2 Å². The van der Waals surface area contributed by atoms with Gasteiger partial charge in [0.1, 0.15) is 0 Å². The summed E-state index contributed by atoms with van der Waals surface area (Å²) in [6.45, 7) is 5.81. The number of carbonyl (C=O) groups excluding carboxylic acids is 2. The Kier molecular flexibility index (Phi) is 4.76. The van der Waals surface area contributed by atoms with Crippen LogP contribution in [0.1, 0.15) is 31.0 Å². The van der Waals surface area contributed by atoms with Crippen LogP contribution in [0.5, 0.6) is 0 Å². The van der Waals surface area contributed by atoms with E-state index < -0.39 is 0 Å². The van der Waals surface area contributed by atoms with Gasteiger partial charge in [-0.05, 0) is 32.3 Å². The number of amides is 2. The third-order valence-corrected chi connectivity index (χ3v) is 3.82. The Morgan fingerprint density at radius 1 is 1.60 bits per heavy atom. The van der Waals surface area contributed by atoms with Crippen molar-refractivity contribution < 1.29 is 9.59 Å². The van der Waals surface area contributed by atoms with Crippen LogP contribution in [0.3, 0.4) is 0 Å². The number of aryl methyl sites for hydroxylation is 2. The van der Waals surface area contributed by atoms with Crippen molar-refractivity contribution >= 4 is 11.8 Å². The van der Waals surface area contributed by atoms with Crippen molar-refractivity contribution in [1.82, 2.24) is 20.4 Å². The molecule has 1 aromatic rings. The quantitative estimate of drug-likeness (QED) is 0.749. The molecule has 0 aliphatic carbocycles. The Balaban J connectivity index is 1.68. The fourth-order valence-electron chi connectivity index (χ4n) is 2.52. The highest BCUT2D eigenvalue weighted by atomic mass is 16.2. The number of H-pyrrole nitrogens is 1. The molecule has 0 spiro atoms. The lowest BCUT2D eigenvalue weighted by atomic mass is 10.1. The Morgan fingerprint density at radius 2 is 2.40 bits per heavy atom. The maximum Gasteiger partial charge on any atom is 0.225 e. The van der Waals surface area contributed by atoms with Crippen LogP contribution in [0.15, 0.2) is 6.20 Å². The zero-order valence-electron chi connectivity index (χ0n) is 12.1. The topological polar surface area (TPSA) is 78.1 Å². The van der Waals surface area contributed by atoms with Gasteiger partial charge in [0, 0.05) is 31.7 Å². The smallest absolute Gasteiger partial charge is 0.225 e. The Morgan fingerprint density at radius 3 is 3.00 bits per heavy atom. The number of aromatic amines is 1. The summed E-state index contributed by atoms with van der Waals surface area (Å²) in [6, 6.07) is 0. The van der Waals surface area contributed by atoms with Crippen LogP contribution in [0, 0.1) is 12.8 Å². The second kappa shape index (κ2) is 6.54. The Hall–Kier alpha value is -1.85. The zero-order valence-corrected chi connectivity index (χ0v) is 12.1. The number of hydrogen-bond acceptors (Lipinski definition) is 3. The van der Waals surface area contributed by atoms with Gasteiger partial charge in [-0.3, -0.25) is 14.7 Å². The molecule has 1 aliphatic heterocycles. The number of likely N-dealkylation sites (tertiary alicyclic amines) is 1. The standard InChI is InChI=1S/C14H22N4O2/c1-3-18-9-12(7-13(18)19)14(20)15-6-4-5-11-8-16-17-10(11)2/h8,12H,3-7,9H2,1-2H3,(H,15,20)(H,16,17). The first-order valence-corrected chi connectivity index (χ1v) is 7.16. The molecular formula is C14H22N4O2. The van der Waals surface area contributed by atoms with Crippen LogP contribution in [-0.4, -0.2) is 46.5 Å². The van der Waals surface area contributed by atoms with Crippen LogP contribution >= 0.6 is 0 Å². The number of carbonyl (C=O) groups is 2. The van der Waals surface area contributed by atoms with Gasteiger partial charge in [-0.25, -0.2) is 0 Å². The summed E-state index contributed by atoms with van der Waals surface area (Å²) in [6.07, 6.45) is 3.95. The third-order valence-electron chi connectivity index (χ3n) is 3.82. The van der Waals surface area contributed by atoms with Gasteiger partial charge in [0.15, 0.2) is 0 Å². The van der Waals surface area contributed by atoms with Crippen LogP contribution in [0.2, 0.25) is 0 Å². The van der Waals surface area contributed by atoms with Crippen molar-refractivity contribution in [2.75, 3.05) is 19.6 Å². The summed E-state index contributed by atoms with van der Waals surface area (Å²) in [7, 11) is 0. The van der Waals surface area contributed by atoms with E-state index in [4.69, 9.17) is 0 Å². The van der Waals surface area contributed by atoms with Crippen LogP contribution in [0.25, 0.3) is 0 Å². The van der Waals surface area contributed by atoms with Crippen molar-refractivity contribution in [3.8, 4) is 0 Å². The monoisotopic (exact) mass is 278 g/mol. The van der Waals surface area contributed by atoms with E-state index in [1.807, 2.05) is 20.0 Å². The summed E-state index contributed by atoms with van der Waals surface area (Å²) in [5.74, 6) is -0.0991. The minimum absolute atomic E-state index is 0.00165. The van der Waals surface area contributed by atoms with Crippen molar-refractivity contribution in [2.24, 2.45) is 5.92 Å². The molecule has 1 aromatic heterocycles. The van der Waals surface area contributed by atoms with E-state index in [1.165, 1.54) is 5.56 Å². The number of rotatable bonds is 6. The molecule has 0 radical (unpaired) electrons.